The first-order valence-electron chi connectivity index (χ1n) is 4.34. The third-order valence-electron chi connectivity index (χ3n) is 1.67. The molecule has 7 heteroatoms. The molecule has 2 aromatic rings. The Labute approximate surface area is 96.2 Å². The monoisotopic (exact) mass is 237 g/mol. The highest BCUT2D eigenvalue weighted by molar-refractivity contribution is 6.30. The van der Waals surface area contributed by atoms with Crippen LogP contribution in [0, 0.1) is 0 Å². The van der Waals surface area contributed by atoms with Gasteiger partial charge < -0.3 is 16.2 Å². The molecule has 0 aliphatic carbocycles. The van der Waals surface area contributed by atoms with E-state index in [1.54, 1.807) is 24.3 Å². The minimum Gasteiger partial charge on any atom is -0.424 e. The lowest BCUT2D eigenvalue weighted by atomic mass is 10.3. The van der Waals surface area contributed by atoms with Crippen molar-refractivity contribution < 1.29 is 4.74 Å². The average molecular weight is 238 g/mol. The van der Waals surface area contributed by atoms with Gasteiger partial charge in [-0.15, -0.1) is 0 Å². The molecule has 0 amide bonds. The summed E-state index contributed by atoms with van der Waals surface area (Å²) in [6, 6.07) is 6.78. The van der Waals surface area contributed by atoms with E-state index >= 15 is 0 Å². The Morgan fingerprint density at radius 3 is 2.06 bits per heavy atom. The van der Waals surface area contributed by atoms with Gasteiger partial charge in [0.05, 0.1) is 0 Å². The van der Waals surface area contributed by atoms with Crippen molar-refractivity contribution in [3.63, 3.8) is 0 Å². The van der Waals surface area contributed by atoms with Crippen molar-refractivity contribution in [3.05, 3.63) is 29.3 Å². The number of ether oxygens (including phenoxy) is 1. The van der Waals surface area contributed by atoms with E-state index in [1.807, 2.05) is 0 Å². The Morgan fingerprint density at radius 1 is 0.938 bits per heavy atom. The Hall–Kier alpha value is -2.08. The van der Waals surface area contributed by atoms with E-state index in [2.05, 4.69) is 15.0 Å². The highest BCUT2D eigenvalue weighted by atomic mass is 35.5. The summed E-state index contributed by atoms with van der Waals surface area (Å²) in [4.78, 5) is 11.2. The second-order valence-corrected chi connectivity index (χ2v) is 3.33. The Bertz CT molecular complexity index is 482. The highest BCUT2D eigenvalue weighted by Crippen LogP contribution is 2.20. The third kappa shape index (κ3) is 2.48. The molecule has 0 spiro atoms. The number of hydrogen-bond acceptors (Lipinski definition) is 6. The third-order valence-corrected chi connectivity index (χ3v) is 1.92. The topological polar surface area (TPSA) is 99.9 Å². The van der Waals surface area contributed by atoms with Crippen LogP contribution in [0.15, 0.2) is 24.3 Å². The van der Waals surface area contributed by atoms with Gasteiger partial charge in [-0.1, -0.05) is 11.6 Å². The number of hydrogen-bond donors (Lipinski definition) is 2. The average Bonchev–Trinajstić information content (AvgIpc) is 2.20. The highest BCUT2D eigenvalue weighted by Gasteiger charge is 2.04. The summed E-state index contributed by atoms with van der Waals surface area (Å²) in [6.45, 7) is 0. The van der Waals surface area contributed by atoms with E-state index in [1.165, 1.54) is 0 Å². The van der Waals surface area contributed by atoms with E-state index < -0.39 is 0 Å². The lowest BCUT2D eigenvalue weighted by Crippen LogP contribution is -2.04. The lowest BCUT2D eigenvalue weighted by Gasteiger charge is -2.04. The van der Waals surface area contributed by atoms with Crippen LogP contribution in [-0.2, 0) is 0 Å². The van der Waals surface area contributed by atoms with Gasteiger partial charge in [0.1, 0.15) is 5.75 Å². The minimum atomic E-state index is 0.0106. The van der Waals surface area contributed by atoms with E-state index in [4.69, 9.17) is 27.8 Å². The van der Waals surface area contributed by atoms with Gasteiger partial charge in [0, 0.05) is 5.02 Å². The number of benzene rings is 1. The molecule has 0 aliphatic rings. The van der Waals surface area contributed by atoms with Gasteiger partial charge in [0.2, 0.25) is 11.9 Å². The molecule has 0 atom stereocenters. The molecule has 0 radical (unpaired) electrons. The molecule has 0 bridgehead atoms. The summed E-state index contributed by atoms with van der Waals surface area (Å²) in [5, 5.41) is 0.613. The molecule has 2 rings (SSSR count). The predicted octanol–water partition coefficient (Wildman–Crippen LogP) is 1.48. The van der Waals surface area contributed by atoms with Crippen LogP contribution in [0.3, 0.4) is 0 Å². The Kier molecular flexibility index (Phi) is 2.74. The molecular weight excluding hydrogens is 230 g/mol. The predicted molar refractivity (Wildman–Crippen MR) is 60.2 cm³/mol. The summed E-state index contributed by atoms with van der Waals surface area (Å²) >= 11 is 5.73. The van der Waals surface area contributed by atoms with E-state index in [-0.39, 0.29) is 17.9 Å². The van der Waals surface area contributed by atoms with Crippen LogP contribution >= 0.6 is 11.6 Å². The zero-order chi connectivity index (χ0) is 11.5. The maximum atomic E-state index is 5.73. The van der Waals surface area contributed by atoms with Gasteiger partial charge in [0.15, 0.2) is 0 Å². The summed E-state index contributed by atoms with van der Waals surface area (Å²) in [5.74, 6) is 0.558. The quantitative estimate of drug-likeness (QED) is 0.821. The first-order valence-corrected chi connectivity index (χ1v) is 4.72. The molecule has 1 aromatic carbocycles. The van der Waals surface area contributed by atoms with Crippen molar-refractivity contribution in [1.82, 2.24) is 15.0 Å². The smallest absolute Gasteiger partial charge is 0.328 e. The molecule has 0 unspecified atom stereocenters. The molecule has 82 valence electrons. The second-order valence-electron chi connectivity index (χ2n) is 2.89. The molecule has 1 heterocycles. The number of rotatable bonds is 2. The van der Waals surface area contributed by atoms with Crippen molar-refractivity contribution >= 4 is 23.5 Å². The summed E-state index contributed by atoms with van der Waals surface area (Å²) < 4.78 is 5.31. The SMILES string of the molecule is Nc1nc(N)nc(Oc2ccc(Cl)cc2)n1. The summed E-state index contributed by atoms with van der Waals surface area (Å²) in [7, 11) is 0. The molecule has 1 aromatic heterocycles. The number of nitrogen functional groups attached to an aromatic ring is 2. The van der Waals surface area contributed by atoms with Crippen molar-refractivity contribution in [2.24, 2.45) is 0 Å². The molecule has 6 nitrogen and oxygen atoms in total. The summed E-state index contributed by atoms with van der Waals surface area (Å²) in [5.41, 5.74) is 10.8. The van der Waals surface area contributed by atoms with Gasteiger partial charge in [0.25, 0.3) is 0 Å². The standard InChI is InChI=1S/C9H8ClN5O/c10-5-1-3-6(4-2-5)16-9-14-7(11)13-8(12)15-9/h1-4H,(H4,11,12,13,14,15). The largest absolute Gasteiger partial charge is 0.424 e. The number of aromatic nitrogens is 3. The number of nitrogens with zero attached hydrogens (tertiary/aromatic N) is 3. The Morgan fingerprint density at radius 2 is 1.50 bits per heavy atom. The lowest BCUT2D eigenvalue weighted by molar-refractivity contribution is 0.442. The molecule has 0 saturated heterocycles. The van der Waals surface area contributed by atoms with Crippen molar-refractivity contribution in [1.29, 1.82) is 0 Å². The second kappa shape index (κ2) is 4.19. The van der Waals surface area contributed by atoms with Crippen molar-refractivity contribution in [2.45, 2.75) is 0 Å². The van der Waals surface area contributed by atoms with Crippen molar-refractivity contribution in [2.75, 3.05) is 11.5 Å². The van der Waals surface area contributed by atoms with Crippen molar-refractivity contribution in [3.8, 4) is 11.8 Å². The molecule has 0 aliphatic heterocycles. The normalized spacial score (nSPS) is 10.1. The number of nitrogens with two attached hydrogens (primary N) is 2. The van der Waals surface area contributed by atoms with Gasteiger partial charge in [-0.05, 0) is 24.3 Å². The number of halogens is 1. The number of anilines is 2. The van der Waals surface area contributed by atoms with Crippen LogP contribution in [0.2, 0.25) is 5.02 Å². The van der Waals surface area contributed by atoms with Crippen LogP contribution in [0.1, 0.15) is 0 Å². The summed E-state index contributed by atoms with van der Waals surface area (Å²) in [6.07, 6.45) is 0. The first-order chi connectivity index (χ1) is 7.63. The van der Waals surface area contributed by atoms with Crippen LogP contribution in [0.4, 0.5) is 11.9 Å². The fourth-order valence-corrected chi connectivity index (χ4v) is 1.17. The fourth-order valence-electron chi connectivity index (χ4n) is 1.04. The van der Waals surface area contributed by atoms with E-state index in [9.17, 15) is 0 Å². The van der Waals surface area contributed by atoms with Gasteiger partial charge >= 0.3 is 6.01 Å². The van der Waals surface area contributed by atoms with Gasteiger partial charge in [-0.25, -0.2) is 0 Å². The van der Waals surface area contributed by atoms with Crippen LogP contribution < -0.4 is 16.2 Å². The van der Waals surface area contributed by atoms with E-state index in [0.717, 1.165) is 0 Å². The van der Waals surface area contributed by atoms with Gasteiger partial charge in [-0.3, -0.25) is 0 Å². The van der Waals surface area contributed by atoms with Crippen LogP contribution in [0.5, 0.6) is 11.8 Å². The van der Waals surface area contributed by atoms with Crippen LogP contribution in [-0.4, -0.2) is 15.0 Å². The molecule has 4 N–H and O–H groups in total. The van der Waals surface area contributed by atoms with E-state index in [0.29, 0.717) is 10.8 Å². The fraction of sp³-hybridized carbons (Fsp3) is 0. The maximum absolute atomic E-state index is 5.73. The molecule has 16 heavy (non-hydrogen) atoms. The molecule has 0 saturated carbocycles. The zero-order valence-electron chi connectivity index (χ0n) is 8.09. The first kappa shape index (κ1) is 10.4. The minimum absolute atomic E-state index is 0.0106. The van der Waals surface area contributed by atoms with Gasteiger partial charge in [-0.2, -0.15) is 15.0 Å². The molecule has 0 fully saturated rings. The van der Waals surface area contributed by atoms with Crippen LogP contribution in [0.25, 0.3) is 0 Å². The zero-order valence-corrected chi connectivity index (χ0v) is 8.85. The maximum Gasteiger partial charge on any atom is 0.328 e. The molecular formula is C9H8ClN5O. The Balaban J connectivity index is 2.23.